The van der Waals surface area contributed by atoms with Crippen molar-refractivity contribution in [1.82, 2.24) is 20.4 Å². The Bertz CT molecular complexity index is 800. The molecule has 0 spiro atoms. The van der Waals surface area contributed by atoms with Crippen LogP contribution < -0.4 is 10.6 Å². The Morgan fingerprint density at radius 2 is 1.88 bits per heavy atom. The highest BCUT2D eigenvalue weighted by Crippen LogP contribution is 2.28. The summed E-state index contributed by atoms with van der Waals surface area (Å²) in [5.74, 6) is -1.89. The van der Waals surface area contributed by atoms with Gasteiger partial charge in [-0.3, -0.25) is 34.3 Å². The highest BCUT2D eigenvalue weighted by atomic mass is 16.2. The number of carbonyl (C=O) groups is 4. The summed E-state index contributed by atoms with van der Waals surface area (Å²) in [6.07, 6.45) is 1.37. The zero-order chi connectivity index (χ0) is 18.3. The molecule has 0 aliphatic carbocycles. The van der Waals surface area contributed by atoms with Crippen molar-refractivity contribution >= 4 is 23.6 Å². The van der Waals surface area contributed by atoms with Crippen LogP contribution in [-0.2, 0) is 16.1 Å². The Hall–Kier alpha value is -2.58. The van der Waals surface area contributed by atoms with Gasteiger partial charge in [-0.25, -0.2) is 0 Å². The maximum atomic E-state index is 12.8. The quantitative estimate of drug-likeness (QED) is 0.731. The van der Waals surface area contributed by atoms with Gasteiger partial charge < -0.3 is 5.32 Å². The van der Waals surface area contributed by atoms with Crippen molar-refractivity contribution in [2.45, 2.75) is 31.8 Å². The summed E-state index contributed by atoms with van der Waals surface area (Å²) in [4.78, 5) is 52.1. The van der Waals surface area contributed by atoms with E-state index in [0.29, 0.717) is 17.7 Å². The van der Waals surface area contributed by atoms with Gasteiger partial charge in [0, 0.05) is 26.2 Å². The molecule has 2 fully saturated rings. The Kier molecular flexibility index (Phi) is 4.29. The monoisotopic (exact) mass is 356 g/mol. The van der Waals surface area contributed by atoms with Gasteiger partial charge in [0.2, 0.25) is 11.8 Å². The molecule has 0 bridgehead atoms. The smallest absolute Gasteiger partial charge is 0.262 e. The first-order valence-electron chi connectivity index (χ1n) is 8.82. The van der Waals surface area contributed by atoms with E-state index in [1.807, 2.05) is 6.07 Å². The Morgan fingerprint density at radius 1 is 1.08 bits per heavy atom. The van der Waals surface area contributed by atoms with Crippen LogP contribution >= 0.6 is 0 Å². The van der Waals surface area contributed by atoms with Crippen molar-refractivity contribution in [3.8, 4) is 0 Å². The molecule has 3 aliphatic heterocycles. The third kappa shape index (κ3) is 2.91. The van der Waals surface area contributed by atoms with Gasteiger partial charge in [-0.05, 0) is 37.1 Å². The summed E-state index contributed by atoms with van der Waals surface area (Å²) in [5, 5.41) is 5.51. The normalized spacial score (nSPS) is 24.0. The van der Waals surface area contributed by atoms with E-state index < -0.39 is 23.8 Å². The first kappa shape index (κ1) is 16.9. The van der Waals surface area contributed by atoms with Gasteiger partial charge in [-0.2, -0.15) is 0 Å². The second-order valence-electron chi connectivity index (χ2n) is 6.89. The van der Waals surface area contributed by atoms with Gasteiger partial charge >= 0.3 is 0 Å². The third-order valence-corrected chi connectivity index (χ3v) is 5.07. The predicted octanol–water partition coefficient (Wildman–Crippen LogP) is -0.159. The maximum absolute atomic E-state index is 12.8. The minimum Gasteiger partial charge on any atom is -0.304 e. The predicted molar refractivity (Wildman–Crippen MR) is 91.0 cm³/mol. The van der Waals surface area contributed by atoms with Gasteiger partial charge in [-0.1, -0.05) is 6.07 Å². The number of benzene rings is 1. The molecule has 1 aromatic rings. The summed E-state index contributed by atoms with van der Waals surface area (Å²) >= 11 is 0. The molecule has 2 N–H and O–H groups in total. The van der Waals surface area contributed by atoms with E-state index in [0.717, 1.165) is 36.6 Å². The molecule has 1 unspecified atom stereocenters. The van der Waals surface area contributed by atoms with Crippen LogP contribution in [0.25, 0.3) is 0 Å². The molecule has 4 amide bonds. The number of piperidine rings is 1. The summed E-state index contributed by atoms with van der Waals surface area (Å²) < 4.78 is 0. The van der Waals surface area contributed by atoms with Crippen LogP contribution in [-0.4, -0.2) is 59.2 Å². The molecule has 0 radical (unpaired) electrons. The molecule has 0 aromatic heterocycles. The molecule has 2 saturated heterocycles. The zero-order valence-corrected chi connectivity index (χ0v) is 14.3. The summed E-state index contributed by atoms with van der Waals surface area (Å²) in [5.41, 5.74) is 1.61. The number of imide groups is 2. The minimum atomic E-state index is -0.921. The molecule has 8 nitrogen and oxygen atoms in total. The fraction of sp³-hybridized carbons (Fsp3) is 0.444. The lowest BCUT2D eigenvalue weighted by Crippen LogP contribution is -2.54. The van der Waals surface area contributed by atoms with E-state index in [9.17, 15) is 19.2 Å². The molecule has 4 rings (SSSR count). The number of fused-ring (bicyclic) bond motifs is 1. The summed E-state index contributed by atoms with van der Waals surface area (Å²) in [7, 11) is 0. The molecular formula is C18H20N4O4. The molecule has 8 heteroatoms. The van der Waals surface area contributed by atoms with Gasteiger partial charge in [-0.15, -0.1) is 0 Å². The van der Waals surface area contributed by atoms with E-state index in [-0.39, 0.29) is 18.7 Å². The lowest BCUT2D eigenvalue weighted by atomic mass is 10.0. The largest absolute Gasteiger partial charge is 0.304 e. The Morgan fingerprint density at radius 3 is 2.62 bits per heavy atom. The van der Waals surface area contributed by atoms with Crippen molar-refractivity contribution in [2.75, 3.05) is 19.8 Å². The molecule has 136 valence electrons. The van der Waals surface area contributed by atoms with Crippen LogP contribution in [0, 0.1) is 0 Å². The van der Waals surface area contributed by atoms with Crippen molar-refractivity contribution in [3.63, 3.8) is 0 Å². The molecule has 1 atom stereocenters. The first-order chi connectivity index (χ1) is 12.5. The fourth-order valence-corrected chi connectivity index (χ4v) is 3.75. The summed E-state index contributed by atoms with van der Waals surface area (Å²) in [6.45, 7) is 3.49. The van der Waals surface area contributed by atoms with Gasteiger partial charge in [0.05, 0.1) is 11.1 Å². The topological polar surface area (TPSA) is 98.8 Å². The maximum Gasteiger partial charge on any atom is 0.262 e. The van der Waals surface area contributed by atoms with Crippen LogP contribution in [0.2, 0.25) is 0 Å². The van der Waals surface area contributed by atoms with E-state index in [4.69, 9.17) is 0 Å². The fourth-order valence-electron chi connectivity index (χ4n) is 3.75. The van der Waals surface area contributed by atoms with Gasteiger partial charge in [0.1, 0.15) is 6.04 Å². The second kappa shape index (κ2) is 6.62. The number of amides is 4. The first-order valence-corrected chi connectivity index (χ1v) is 8.82. The van der Waals surface area contributed by atoms with Crippen molar-refractivity contribution in [3.05, 3.63) is 34.9 Å². The van der Waals surface area contributed by atoms with E-state index in [2.05, 4.69) is 15.5 Å². The number of carbonyl (C=O) groups excluding carboxylic acids is 4. The number of rotatable bonds is 3. The lowest BCUT2D eigenvalue weighted by molar-refractivity contribution is -0.136. The molecule has 0 saturated carbocycles. The average Bonchev–Trinajstić information content (AvgIpc) is 2.87. The van der Waals surface area contributed by atoms with Gasteiger partial charge in [0.15, 0.2) is 0 Å². The van der Waals surface area contributed by atoms with Crippen LogP contribution in [0.15, 0.2) is 18.2 Å². The molecule has 3 heterocycles. The Labute approximate surface area is 150 Å². The molecular weight excluding hydrogens is 336 g/mol. The SMILES string of the molecule is O=C1CCC(N2C(=O)c3ccc(CN4CCCNC4)cc3C2=O)C(=O)N1. The highest BCUT2D eigenvalue weighted by molar-refractivity contribution is 6.23. The average molecular weight is 356 g/mol. The number of nitrogens with one attached hydrogen (secondary N) is 2. The zero-order valence-electron chi connectivity index (χ0n) is 14.3. The number of hydrogen-bond donors (Lipinski definition) is 2. The summed E-state index contributed by atoms with van der Waals surface area (Å²) in [6, 6.07) is 4.34. The van der Waals surface area contributed by atoms with Crippen LogP contribution in [0.1, 0.15) is 45.5 Å². The van der Waals surface area contributed by atoms with Crippen molar-refractivity contribution in [1.29, 1.82) is 0 Å². The standard InChI is InChI=1S/C18H20N4O4/c23-15-5-4-14(16(24)20-15)22-17(25)12-3-2-11(8-13(12)18(22)26)9-21-7-1-6-19-10-21/h2-3,8,14,19H,1,4-7,9-10H2,(H,20,23,24). The van der Waals surface area contributed by atoms with Crippen LogP contribution in [0.3, 0.4) is 0 Å². The van der Waals surface area contributed by atoms with Crippen LogP contribution in [0.5, 0.6) is 0 Å². The number of hydrogen-bond acceptors (Lipinski definition) is 6. The van der Waals surface area contributed by atoms with Crippen LogP contribution in [0.4, 0.5) is 0 Å². The molecule has 3 aliphatic rings. The van der Waals surface area contributed by atoms with E-state index >= 15 is 0 Å². The Balaban J connectivity index is 1.56. The number of nitrogens with zero attached hydrogens (tertiary/aromatic N) is 2. The minimum absolute atomic E-state index is 0.122. The van der Waals surface area contributed by atoms with E-state index in [1.54, 1.807) is 12.1 Å². The third-order valence-electron chi connectivity index (χ3n) is 5.07. The van der Waals surface area contributed by atoms with Gasteiger partial charge in [0.25, 0.3) is 11.8 Å². The van der Waals surface area contributed by atoms with Crippen molar-refractivity contribution in [2.24, 2.45) is 0 Å². The van der Waals surface area contributed by atoms with E-state index in [1.165, 1.54) is 0 Å². The molecule has 1 aromatic carbocycles. The lowest BCUT2D eigenvalue weighted by Gasteiger charge is -2.27. The second-order valence-corrected chi connectivity index (χ2v) is 6.89. The highest BCUT2D eigenvalue weighted by Gasteiger charge is 2.44. The van der Waals surface area contributed by atoms with Crippen molar-refractivity contribution < 1.29 is 19.2 Å². The molecule has 26 heavy (non-hydrogen) atoms.